The molecule has 0 aliphatic rings. The minimum atomic E-state index is -0.850. The number of methoxy groups -OCH3 is 1. The Kier molecular flexibility index (Phi) is 8.56. The number of nitrogens with two attached hydrogens (primary N) is 1. The lowest BCUT2D eigenvalue weighted by Gasteiger charge is -2.27. The molecule has 0 spiro atoms. The standard InChI is InChI=1S/C15H21Cl2NO4/c1-3-4-5-13(22-15(18)19)14(21-9-20-2)11-7-6-10(16)8-12(11)17/h6-8,13-14H,3-5,9H2,1-2H3,(H2,18,19)/t13-,14-/m1/s1. The summed E-state index contributed by atoms with van der Waals surface area (Å²) in [5.41, 5.74) is 5.84. The molecule has 1 aromatic carbocycles. The van der Waals surface area contributed by atoms with Crippen LogP contribution in [0.3, 0.4) is 0 Å². The van der Waals surface area contributed by atoms with Crippen molar-refractivity contribution in [1.29, 1.82) is 0 Å². The second-order valence-electron chi connectivity index (χ2n) is 4.78. The molecule has 0 saturated heterocycles. The maximum Gasteiger partial charge on any atom is 0.404 e. The zero-order valence-corrected chi connectivity index (χ0v) is 14.2. The Balaban J connectivity index is 3.07. The molecular weight excluding hydrogens is 329 g/mol. The molecule has 0 radical (unpaired) electrons. The Labute approximate surface area is 140 Å². The van der Waals surface area contributed by atoms with E-state index in [9.17, 15) is 4.79 Å². The molecule has 22 heavy (non-hydrogen) atoms. The first-order valence-corrected chi connectivity index (χ1v) is 7.76. The van der Waals surface area contributed by atoms with Gasteiger partial charge >= 0.3 is 6.09 Å². The zero-order valence-electron chi connectivity index (χ0n) is 12.7. The molecule has 0 unspecified atom stereocenters. The van der Waals surface area contributed by atoms with Crippen molar-refractivity contribution in [2.45, 2.75) is 38.4 Å². The van der Waals surface area contributed by atoms with Crippen LogP contribution in [0.4, 0.5) is 4.79 Å². The van der Waals surface area contributed by atoms with Crippen molar-refractivity contribution in [3.63, 3.8) is 0 Å². The van der Waals surface area contributed by atoms with Gasteiger partial charge in [-0.15, -0.1) is 0 Å². The van der Waals surface area contributed by atoms with Crippen LogP contribution in [0, 0.1) is 0 Å². The van der Waals surface area contributed by atoms with E-state index < -0.39 is 18.3 Å². The van der Waals surface area contributed by atoms with Crippen LogP contribution in [-0.4, -0.2) is 26.1 Å². The van der Waals surface area contributed by atoms with E-state index in [-0.39, 0.29) is 6.79 Å². The molecule has 0 aliphatic carbocycles. The van der Waals surface area contributed by atoms with Gasteiger partial charge in [0.05, 0.1) is 0 Å². The van der Waals surface area contributed by atoms with Gasteiger partial charge in [0.15, 0.2) is 0 Å². The molecule has 0 bridgehead atoms. The van der Waals surface area contributed by atoms with Gasteiger partial charge in [0, 0.05) is 22.7 Å². The molecular formula is C15H21Cl2NO4. The number of rotatable bonds is 9. The van der Waals surface area contributed by atoms with Gasteiger partial charge in [0.1, 0.15) is 19.0 Å². The number of hydrogen-bond donors (Lipinski definition) is 1. The van der Waals surface area contributed by atoms with Gasteiger partial charge in [-0.3, -0.25) is 0 Å². The van der Waals surface area contributed by atoms with Gasteiger partial charge in [-0.2, -0.15) is 0 Å². The van der Waals surface area contributed by atoms with E-state index in [1.54, 1.807) is 18.2 Å². The summed E-state index contributed by atoms with van der Waals surface area (Å²) < 4.78 is 15.8. The number of hydrogen-bond acceptors (Lipinski definition) is 4. The van der Waals surface area contributed by atoms with E-state index in [4.69, 9.17) is 43.1 Å². The van der Waals surface area contributed by atoms with Crippen LogP contribution in [0.25, 0.3) is 0 Å². The van der Waals surface area contributed by atoms with Crippen molar-refractivity contribution in [2.75, 3.05) is 13.9 Å². The van der Waals surface area contributed by atoms with Crippen LogP contribution in [0.5, 0.6) is 0 Å². The zero-order chi connectivity index (χ0) is 16.5. The molecule has 0 heterocycles. The number of ether oxygens (including phenoxy) is 3. The number of primary amides is 1. The Bertz CT molecular complexity index is 485. The second kappa shape index (κ2) is 9.90. The van der Waals surface area contributed by atoms with E-state index in [0.717, 1.165) is 12.8 Å². The number of unbranched alkanes of at least 4 members (excludes halogenated alkanes) is 1. The van der Waals surface area contributed by atoms with E-state index in [0.29, 0.717) is 22.0 Å². The second-order valence-corrected chi connectivity index (χ2v) is 5.62. The monoisotopic (exact) mass is 349 g/mol. The summed E-state index contributed by atoms with van der Waals surface area (Å²) in [6.45, 7) is 2.08. The summed E-state index contributed by atoms with van der Waals surface area (Å²) in [6, 6.07) is 5.06. The van der Waals surface area contributed by atoms with Gasteiger partial charge in [-0.25, -0.2) is 4.79 Å². The minimum Gasteiger partial charge on any atom is -0.443 e. The minimum absolute atomic E-state index is 0.0361. The summed E-state index contributed by atoms with van der Waals surface area (Å²) in [5.74, 6) is 0. The lowest BCUT2D eigenvalue weighted by molar-refractivity contribution is -0.117. The number of carbonyl (C=O) groups is 1. The van der Waals surface area contributed by atoms with E-state index >= 15 is 0 Å². The third-order valence-corrected chi connectivity index (χ3v) is 3.64. The molecule has 2 N–H and O–H groups in total. The van der Waals surface area contributed by atoms with Crippen molar-refractivity contribution >= 4 is 29.3 Å². The quantitative estimate of drug-likeness (QED) is 0.674. The number of amides is 1. The first-order valence-electron chi connectivity index (χ1n) is 7.01. The highest BCUT2D eigenvalue weighted by Crippen LogP contribution is 2.33. The van der Waals surface area contributed by atoms with E-state index in [1.807, 2.05) is 6.92 Å². The summed E-state index contributed by atoms with van der Waals surface area (Å²) >= 11 is 12.2. The van der Waals surface area contributed by atoms with Gasteiger partial charge in [0.25, 0.3) is 0 Å². The van der Waals surface area contributed by atoms with E-state index in [1.165, 1.54) is 7.11 Å². The van der Waals surface area contributed by atoms with Gasteiger partial charge < -0.3 is 19.9 Å². The topological polar surface area (TPSA) is 70.8 Å². The van der Waals surface area contributed by atoms with Gasteiger partial charge in [-0.05, 0) is 25.0 Å². The van der Waals surface area contributed by atoms with Crippen molar-refractivity contribution in [1.82, 2.24) is 0 Å². The predicted octanol–water partition coefficient (Wildman–Crippen LogP) is 4.31. The summed E-state index contributed by atoms with van der Waals surface area (Å²) in [6.07, 6.45) is 0.430. The highest BCUT2D eigenvalue weighted by molar-refractivity contribution is 6.35. The molecule has 1 amide bonds. The third kappa shape index (κ3) is 6.01. The largest absolute Gasteiger partial charge is 0.443 e. The van der Waals surface area contributed by atoms with Crippen LogP contribution in [-0.2, 0) is 14.2 Å². The Hall–Kier alpha value is -1.01. The SMILES string of the molecule is CCCC[C@@H](OC(N)=O)[C@H](OCOC)c1ccc(Cl)cc1Cl. The molecule has 0 aliphatic heterocycles. The van der Waals surface area contributed by atoms with Crippen molar-refractivity contribution in [2.24, 2.45) is 5.73 Å². The molecule has 124 valence electrons. The normalized spacial score (nSPS) is 13.6. The number of benzene rings is 1. The molecule has 0 aromatic heterocycles. The molecule has 2 atom stereocenters. The van der Waals surface area contributed by atoms with Crippen LogP contribution in [0.15, 0.2) is 18.2 Å². The van der Waals surface area contributed by atoms with Gasteiger partial charge in [0.2, 0.25) is 0 Å². The fourth-order valence-corrected chi connectivity index (χ4v) is 2.61. The van der Waals surface area contributed by atoms with Crippen LogP contribution in [0.1, 0.15) is 37.9 Å². The lowest BCUT2D eigenvalue weighted by Crippen LogP contribution is -2.30. The number of carbonyl (C=O) groups excluding carboxylic acids is 1. The van der Waals surface area contributed by atoms with Crippen molar-refractivity contribution < 1.29 is 19.0 Å². The summed E-state index contributed by atoms with van der Waals surface area (Å²) in [7, 11) is 1.51. The highest BCUT2D eigenvalue weighted by Gasteiger charge is 2.28. The fraction of sp³-hybridized carbons (Fsp3) is 0.533. The van der Waals surface area contributed by atoms with Crippen LogP contribution < -0.4 is 5.73 Å². The molecule has 0 saturated carbocycles. The van der Waals surface area contributed by atoms with Crippen LogP contribution >= 0.6 is 23.2 Å². The molecule has 5 nitrogen and oxygen atoms in total. The van der Waals surface area contributed by atoms with Crippen molar-refractivity contribution in [3.8, 4) is 0 Å². The fourth-order valence-electron chi connectivity index (χ4n) is 2.10. The van der Waals surface area contributed by atoms with Crippen LogP contribution in [0.2, 0.25) is 10.0 Å². The smallest absolute Gasteiger partial charge is 0.404 e. The first kappa shape index (κ1) is 19.0. The average molecular weight is 350 g/mol. The van der Waals surface area contributed by atoms with Gasteiger partial charge in [-0.1, -0.05) is 42.6 Å². The Morgan fingerprint density at radius 1 is 1.36 bits per heavy atom. The number of halogens is 2. The Morgan fingerprint density at radius 3 is 2.64 bits per heavy atom. The molecule has 7 heteroatoms. The van der Waals surface area contributed by atoms with E-state index in [2.05, 4.69) is 0 Å². The third-order valence-electron chi connectivity index (χ3n) is 3.08. The summed E-state index contributed by atoms with van der Waals surface area (Å²) in [5, 5.41) is 0.948. The highest BCUT2D eigenvalue weighted by atomic mass is 35.5. The Morgan fingerprint density at radius 2 is 2.09 bits per heavy atom. The molecule has 0 fully saturated rings. The molecule has 1 rings (SSSR count). The maximum atomic E-state index is 11.2. The average Bonchev–Trinajstić information content (AvgIpc) is 2.45. The maximum absolute atomic E-state index is 11.2. The first-order chi connectivity index (χ1) is 10.5. The molecule has 1 aromatic rings. The van der Waals surface area contributed by atoms with Crippen molar-refractivity contribution in [3.05, 3.63) is 33.8 Å². The lowest BCUT2D eigenvalue weighted by atomic mass is 9.99. The summed E-state index contributed by atoms with van der Waals surface area (Å²) in [4.78, 5) is 11.2. The predicted molar refractivity (Wildman–Crippen MR) is 86.1 cm³/mol.